The van der Waals surface area contributed by atoms with E-state index in [0.29, 0.717) is 0 Å². The highest BCUT2D eigenvalue weighted by atomic mass is 35.5. The van der Waals surface area contributed by atoms with Crippen LogP contribution in [0.2, 0.25) is 0 Å². The van der Waals surface area contributed by atoms with Crippen LogP contribution in [0.25, 0.3) is 0 Å². The Bertz CT molecular complexity index is 230. The molecule has 0 radical (unpaired) electrons. The first-order valence-corrected chi connectivity index (χ1v) is 6.74. The largest absolute Gasteiger partial charge is 1.00 e. The molecule has 0 saturated heterocycles. The zero-order valence-corrected chi connectivity index (χ0v) is 12.9. The highest BCUT2D eigenvalue weighted by Crippen LogP contribution is 2.06. The fourth-order valence-corrected chi connectivity index (χ4v) is 1.87. The number of unbranched alkanes of at least 4 members (excludes halogenated alkanes) is 3. The van der Waals surface area contributed by atoms with Gasteiger partial charge in [0, 0.05) is 13.0 Å². The molecule has 0 fully saturated rings. The van der Waals surface area contributed by atoms with E-state index in [2.05, 4.69) is 32.9 Å². The van der Waals surface area contributed by atoms with Crippen LogP contribution in [0.4, 0.5) is 0 Å². The molecule has 0 aliphatic carbocycles. The summed E-state index contributed by atoms with van der Waals surface area (Å²) in [4.78, 5) is 10.9. The molecule has 18 heavy (non-hydrogen) atoms. The lowest BCUT2D eigenvalue weighted by Crippen LogP contribution is -3.00. The third kappa shape index (κ3) is 11.9. The van der Waals surface area contributed by atoms with Crippen LogP contribution in [-0.4, -0.2) is 44.1 Å². The summed E-state index contributed by atoms with van der Waals surface area (Å²) < 4.78 is 1.05. The molecular weight excluding hydrogens is 248 g/mol. The molecule has 4 heteroatoms. The van der Waals surface area contributed by atoms with Gasteiger partial charge in [0.15, 0.2) is 0 Å². The van der Waals surface area contributed by atoms with Crippen molar-refractivity contribution in [3.8, 4) is 0 Å². The van der Waals surface area contributed by atoms with Crippen molar-refractivity contribution in [2.24, 2.45) is 0 Å². The van der Waals surface area contributed by atoms with Crippen LogP contribution >= 0.6 is 0 Å². The second-order valence-corrected chi connectivity index (χ2v) is 5.29. The molecule has 0 spiro atoms. The SMILES string of the molecule is C=CC(=O)NCCC[N+](C)(C)CCCCCC.[Cl-]. The number of hydrogen-bond acceptors (Lipinski definition) is 1. The van der Waals surface area contributed by atoms with Gasteiger partial charge in [0.2, 0.25) is 5.91 Å². The fraction of sp³-hybridized carbons (Fsp3) is 0.786. The van der Waals surface area contributed by atoms with E-state index in [1.54, 1.807) is 0 Å². The van der Waals surface area contributed by atoms with Crippen molar-refractivity contribution in [1.29, 1.82) is 0 Å². The number of carbonyl (C=O) groups is 1. The summed E-state index contributed by atoms with van der Waals surface area (Å²) >= 11 is 0. The van der Waals surface area contributed by atoms with Gasteiger partial charge >= 0.3 is 0 Å². The third-order valence-corrected chi connectivity index (χ3v) is 3.04. The number of rotatable bonds is 10. The molecule has 108 valence electrons. The minimum atomic E-state index is -0.0711. The van der Waals surface area contributed by atoms with E-state index in [9.17, 15) is 4.79 Å². The molecule has 0 atom stereocenters. The molecule has 0 heterocycles. The minimum Gasteiger partial charge on any atom is -1.00 e. The number of nitrogens with one attached hydrogen (secondary N) is 1. The van der Waals surface area contributed by atoms with Gasteiger partial charge in [-0.3, -0.25) is 4.79 Å². The summed E-state index contributed by atoms with van der Waals surface area (Å²) in [5, 5.41) is 2.81. The van der Waals surface area contributed by atoms with E-state index in [0.717, 1.165) is 24.0 Å². The molecule has 0 bridgehead atoms. The summed E-state index contributed by atoms with van der Waals surface area (Å²) in [5.74, 6) is -0.0711. The molecule has 0 aromatic rings. The van der Waals surface area contributed by atoms with Gasteiger partial charge in [0.25, 0.3) is 0 Å². The van der Waals surface area contributed by atoms with Crippen molar-refractivity contribution in [3.05, 3.63) is 12.7 Å². The first-order chi connectivity index (χ1) is 8.02. The van der Waals surface area contributed by atoms with Crippen LogP contribution in [0.15, 0.2) is 12.7 Å². The van der Waals surface area contributed by atoms with Crippen LogP contribution in [0.1, 0.15) is 39.0 Å². The number of carbonyl (C=O) groups excluding carboxylic acids is 1. The number of halogens is 1. The molecule has 3 nitrogen and oxygen atoms in total. The average molecular weight is 277 g/mol. The van der Waals surface area contributed by atoms with E-state index in [4.69, 9.17) is 0 Å². The molecule has 0 saturated carbocycles. The predicted octanol–water partition coefficient (Wildman–Crippen LogP) is -0.661. The monoisotopic (exact) mass is 276 g/mol. The van der Waals surface area contributed by atoms with Gasteiger partial charge in [-0.05, 0) is 18.9 Å². The minimum absolute atomic E-state index is 0. The molecular formula is C14H29ClN2O. The van der Waals surface area contributed by atoms with Gasteiger partial charge in [-0.1, -0.05) is 26.3 Å². The smallest absolute Gasteiger partial charge is 0.243 e. The molecule has 0 rings (SSSR count). The first-order valence-electron chi connectivity index (χ1n) is 6.74. The van der Waals surface area contributed by atoms with E-state index < -0.39 is 0 Å². The lowest BCUT2D eigenvalue weighted by molar-refractivity contribution is -0.890. The molecule has 0 aromatic heterocycles. The second kappa shape index (κ2) is 11.5. The van der Waals surface area contributed by atoms with E-state index >= 15 is 0 Å². The third-order valence-electron chi connectivity index (χ3n) is 3.04. The predicted molar refractivity (Wildman–Crippen MR) is 73.8 cm³/mol. The Morgan fingerprint density at radius 1 is 1.17 bits per heavy atom. The Morgan fingerprint density at radius 2 is 1.78 bits per heavy atom. The number of nitrogens with zero attached hydrogens (tertiary/aromatic N) is 1. The Hall–Kier alpha value is -0.540. The average Bonchev–Trinajstić information content (AvgIpc) is 2.30. The van der Waals surface area contributed by atoms with Crippen molar-refractivity contribution in [2.45, 2.75) is 39.0 Å². The van der Waals surface area contributed by atoms with Crippen molar-refractivity contribution in [3.63, 3.8) is 0 Å². The van der Waals surface area contributed by atoms with Gasteiger partial charge in [0.05, 0.1) is 27.2 Å². The van der Waals surface area contributed by atoms with Gasteiger partial charge in [0.1, 0.15) is 0 Å². The molecule has 1 amide bonds. The normalized spacial score (nSPS) is 10.6. The molecule has 0 aromatic carbocycles. The standard InChI is InChI=1S/C14H28N2O.ClH/c1-5-7-8-9-12-16(3,4)13-10-11-15-14(17)6-2;/h6H,2,5,7-13H2,1,3-4H3;1H. The van der Waals surface area contributed by atoms with Crippen LogP contribution in [-0.2, 0) is 4.79 Å². The zero-order chi connectivity index (χ0) is 13.1. The van der Waals surface area contributed by atoms with Crippen molar-refractivity contribution >= 4 is 5.91 Å². The van der Waals surface area contributed by atoms with Crippen LogP contribution in [0.3, 0.4) is 0 Å². The van der Waals surface area contributed by atoms with Crippen LogP contribution < -0.4 is 17.7 Å². The van der Waals surface area contributed by atoms with Crippen molar-refractivity contribution in [1.82, 2.24) is 5.32 Å². The highest BCUT2D eigenvalue weighted by molar-refractivity contribution is 5.86. The maximum absolute atomic E-state index is 10.9. The van der Waals surface area contributed by atoms with E-state index in [1.807, 2.05) is 0 Å². The van der Waals surface area contributed by atoms with Crippen LogP contribution in [0, 0.1) is 0 Å². The maximum atomic E-state index is 10.9. The Morgan fingerprint density at radius 3 is 2.33 bits per heavy atom. The van der Waals surface area contributed by atoms with Gasteiger partial charge in [-0.2, -0.15) is 0 Å². The number of hydrogen-bond donors (Lipinski definition) is 1. The van der Waals surface area contributed by atoms with Gasteiger partial charge in [-0.15, -0.1) is 0 Å². The Kier molecular flexibility index (Phi) is 12.7. The second-order valence-electron chi connectivity index (χ2n) is 5.29. The molecule has 1 N–H and O–H groups in total. The zero-order valence-electron chi connectivity index (χ0n) is 12.2. The lowest BCUT2D eigenvalue weighted by atomic mass is 10.2. The topological polar surface area (TPSA) is 29.1 Å². The summed E-state index contributed by atoms with van der Waals surface area (Å²) in [6, 6.07) is 0. The van der Waals surface area contributed by atoms with Crippen molar-refractivity contribution in [2.75, 3.05) is 33.7 Å². The Balaban J connectivity index is 0. The summed E-state index contributed by atoms with van der Waals surface area (Å²) in [6.45, 7) is 8.77. The summed E-state index contributed by atoms with van der Waals surface area (Å²) in [5.41, 5.74) is 0. The van der Waals surface area contributed by atoms with E-state index in [1.165, 1.54) is 38.3 Å². The fourth-order valence-electron chi connectivity index (χ4n) is 1.87. The van der Waals surface area contributed by atoms with Crippen LogP contribution in [0.5, 0.6) is 0 Å². The maximum Gasteiger partial charge on any atom is 0.243 e. The molecule has 0 aliphatic heterocycles. The number of quaternary nitrogens is 1. The lowest BCUT2D eigenvalue weighted by Gasteiger charge is -2.30. The quantitative estimate of drug-likeness (QED) is 0.320. The van der Waals surface area contributed by atoms with E-state index in [-0.39, 0.29) is 18.3 Å². The molecule has 0 aliphatic rings. The number of amides is 1. The van der Waals surface area contributed by atoms with Gasteiger partial charge < -0.3 is 22.2 Å². The first kappa shape index (κ1) is 19.8. The summed E-state index contributed by atoms with van der Waals surface area (Å²) in [7, 11) is 4.53. The molecule has 0 unspecified atom stereocenters. The highest BCUT2D eigenvalue weighted by Gasteiger charge is 2.13. The summed E-state index contributed by atoms with van der Waals surface area (Å²) in [6.07, 6.45) is 7.63. The van der Waals surface area contributed by atoms with Crippen molar-refractivity contribution < 1.29 is 21.7 Å². The Labute approximate surface area is 119 Å². The van der Waals surface area contributed by atoms with Gasteiger partial charge in [-0.25, -0.2) is 0 Å².